The van der Waals surface area contributed by atoms with Gasteiger partial charge in [-0.05, 0) is 17.7 Å². The highest BCUT2D eigenvalue weighted by molar-refractivity contribution is 6.30. The van der Waals surface area contributed by atoms with Gasteiger partial charge in [-0.25, -0.2) is 18.7 Å². The van der Waals surface area contributed by atoms with Crippen LogP contribution in [-0.4, -0.2) is 25.7 Å². The van der Waals surface area contributed by atoms with Crippen molar-refractivity contribution < 1.29 is 14.3 Å². The van der Waals surface area contributed by atoms with Gasteiger partial charge in [0, 0.05) is 17.6 Å². The molecule has 0 fully saturated rings. The van der Waals surface area contributed by atoms with E-state index in [4.69, 9.17) is 16.7 Å². The van der Waals surface area contributed by atoms with E-state index >= 15 is 0 Å². The maximum Gasteiger partial charge on any atom is 0.356 e. The Balaban J connectivity index is 1.91. The summed E-state index contributed by atoms with van der Waals surface area (Å²) in [4.78, 5) is 14.9. The van der Waals surface area contributed by atoms with E-state index in [0.29, 0.717) is 11.6 Å². The molecule has 112 valence electrons. The summed E-state index contributed by atoms with van der Waals surface area (Å²) in [5.41, 5.74) is 0.835. The summed E-state index contributed by atoms with van der Waals surface area (Å²) < 4.78 is 15.0. The fourth-order valence-corrected chi connectivity index (χ4v) is 2.20. The number of aromatic carboxylic acids is 1. The van der Waals surface area contributed by atoms with Crippen LogP contribution in [0, 0.1) is 5.82 Å². The number of anilines is 1. The lowest BCUT2D eigenvalue weighted by Crippen LogP contribution is -2.10. The first-order valence-electron chi connectivity index (χ1n) is 6.30. The summed E-state index contributed by atoms with van der Waals surface area (Å²) in [6.07, 6.45) is 1.13. The minimum Gasteiger partial charge on any atom is -0.476 e. The predicted molar refractivity (Wildman–Crippen MR) is 78.7 cm³/mol. The fourth-order valence-electron chi connectivity index (χ4n) is 1.99. The number of hydrogen-bond donors (Lipinski definition) is 2. The lowest BCUT2D eigenvalue weighted by atomic mass is 10.2. The maximum atomic E-state index is 14.0. The van der Waals surface area contributed by atoms with Crippen molar-refractivity contribution in [1.29, 1.82) is 0 Å². The molecule has 0 spiro atoms. The summed E-state index contributed by atoms with van der Waals surface area (Å²) in [7, 11) is 0. The molecule has 6 nitrogen and oxygen atoms in total. The number of benzene rings is 1. The van der Waals surface area contributed by atoms with Crippen LogP contribution in [0.3, 0.4) is 0 Å². The Morgan fingerprint density at radius 1 is 1.41 bits per heavy atom. The number of rotatable bonds is 4. The molecule has 0 radical (unpaired) electrons. The summed E-state index contributed by atoms with van der Waals surface area (Å²) in [6, 6.07) is 8.21. The molecule has 0 saturated heterocycles. The SMILES string of the molecule is O=C(O)c1cnc2cc(F)c(NCc3cccc(Cl)c3)nn12. The topological polar surface area (TPSA) is 79.5 Å². The number of carboxylic acid groups (broad SMARTS) is 1. The average molecular weight is 321 g/mol. The molecule has 3 aromatic rings. The van der Waals surface area contributed by atoms with Crippen molar-refractivity contribution in [3.05, 3.63) is 58.6 Å². The van der Waals surface area contributed by atoms with Crippen LogP contribution in [0.1, 0.15) is 16.1 Å². The molecule has 3 rings (SSSR count). The molecule has 2 heterocycles. The van der Waals surface area contributed by atoms with E-state index in [1.165, 1.54) is 0 Å². The Hall–Kier alpha value is -2.67. The van der Waals surface area contributed by atoms with Crippen LogP contribution in [0.4, 0.5) is 10.2 Å². The number of aromatic nitrogens is 3. The average Bonchev–Trinajstić information content (AvgIpc) is 2.87. The standard InChI is InChI=1S/C14H10ClFN4O2/c15-9-3-1-2-8(4-9)6-18-13-10(16)5-12-17-7-11(14(21)22)20(12)19-13/h1-5,7H,6H2,(H,18,19)(H,21,22). The van der Waals surface area contributed by atoms with Gasteiger partial charge in [0.25, 0.3) is 0 Å². The van der Waals surface area contributed by atoms with E-state index in [-0.39, 0.29) is 17.2 Å². The molecule has 0 bridgehead atoms. The number of halogens is 2. The van der Waals surface area contributed by atoms with Crippen molar-refractivity contribution in [3.8, 4) is 0 Å². The molecular formula is C14H10ClFN4O2. The third-order valence-electron chi connectivity index (χ3n) is 3.01. The fraction of sp³-hybridized carbons (Fsp3) is 0.0714. The van der Waals surface area contributed by atoms with Gasteiger partial charge >= 0.3 is 5.97 Å². The number of hydrogen-bond acceptors (Lipinski definition) is 4. The van der Waals surface area contributed by atoms with Crippen molar-refractivity contribution >= 4 is 29.0 Å². The lowest BCUT2D eigenvalue weighted by Gasteiger charge is -2.08. The second kappa shape index (κ2) is 5.61. The Bertz CT molecular complexity index is 865. The molecule has 0 atom stereocenters. The van der Waals surface area contributed by atoms with Gasteiger partial charge in [-0.15, -0.1) is 5.10 Å². The van der Waals surface area contributed by atoms with Crippen LogP contribution in [-0.2, 0) is 6.54 Å². The highest BCUT2D eigenvalue weighted by atomic mass is 35.5. The largest absolute Gasteiger partial charge is 0.476 e. The highest BCUT2D eigenvalue weighted by Gasteiger charge is 2.15. The molecule has 0 amide bonds. The monoisotopic (exact) mass is 320 g/mol. The Labute approximate surface area is 129 Å². The van der Waals surface area contributed by atoms with E-state index in [2.05, 4.69) is 15.4 Å². The number of carboxylic acids is 1. The van der Waals surface area contributed by atoms with Crippen molar-refractivity contribution in [2.45, 2.75) is 6.54 Å². The zero-order valence-corrected chi connectivity index (χ0v) is 11.9. The predicted octanol–water partition coefficient (Wildman–Crippen LogP) is 2.83. The van der Waals surface area contributed by atoms with Crippen molar-refractivity contribution in [2.75, 3.05) is 5.32 Å². The smallest absolute Gasteiger partial charge is 0.356 e. The van der Waals surface area contributed by atoms with Crippen molar-refractivity contribution in [3.63, 3.8) is 0 Å². The van der Waals surface area contributed by atoms with Gasteiger partial charge in [0.1, 0.15) is 0 Å². The third-order valence-corrected chi connectivity index (χ3v) is 3.25. The summed E-state index contributed by atoms with van der Waals surface area (Å²) >= 11 is 5.88. The van der Waals surface area contributed by atoms with Gasteiger partial charge in [0.2, 0.25) is 0 Å². The third kappa shape index (κ3) is 2.71. The first-order valence-corrected chi connectivity index (χ1v) is 6.68. The Morgan fingerprint density at radius 2 is 2.23 bits per heavy atom. The molecule has 0 saturated carbocycles. The second-order valence-electron chi connectivity index (χ2n) is 4.54. The molecule has 8 heteroatoms. The van der Waals surface area contributed by atoms with E-state index in [1.807, 2.05) is 6.07 Å². The van der Waals surface area contributed by atoms with Gasteiger partial charge < -0.3 is 10.4 Å². The van der Waals surface area contributed by atoms with E-state index < -0.39 is 11.8 Å². The summed E-state index contributed by atoms with van der Waals surface area (Å²) in [5.74, 6) is -1.86. The zero-order chi connectivity index (χ0) is 15.7. The van der Waals surface area contributed by atoms with Crippen LogP contribution in [0.5, 0.6) is 0 Å². The molecule has 0 aliphatic heterocycles. The highest BCUT2D eigenvalue weighted by Crippen LogP contribution is 2.16. The van der Waals surface area contributed by atoms with Crippen LogP contribution in [0.2, 0.25) is 5.02 Å². The lowest BCUT2D eigenvalue weighted by molar-refractivity contribution is 0.0688. The van der Waals surface area contributed by atoms with Gasteiger partial charge in [-0.2, -0.15) is 0 Å². The summed E-state index contributed by atoms with van der Waals surface area (Å²) in [5, 5.41) is 16.4. The molecule has 2 N–H and O–H groups in total. The number of carbonyl (C=O) groups is 1. The molecule has 2 aromatic heterocycles. The van der Waals surface area contributed by atoms with Crippen LogP contribution < -0.4 is 5.32 Å². The van der Waals surface area contributed by atoms with Crippen LogP contribution >= 0.6 is 11.6 Å². The van der Waals surface area contributed by atoms with Crippen molar-refractivity contribution in [2.24, 2.45) is 0 Å². The van der Waals surface area contributed by atoms with E-state index in [1.54, 1.807) is 18.2 Å². The molecule has 1 aromatic carbocycles. The van der Waals surface area contributed by atoms with Gasteiger partial charge in [0.15, 0.2) is 23.0 Å². The number of nitrogens with one attached hydrogen (secondary N) is 1. The molecule has 0 aliphatic rings. The Kier molecular flexibility index (Phi) is 3.64. The van der Waals surface area contributed by atoms with Crippen molar-refractivity contribution in [1.82, 2.24) is 14.6 Å². The van der Waals surface area contributed by atoms with Gasteiger partial charge in [-0.3, -0.25) is 0 Å². The first-order chi connectivity index (χ1) is 10.5. The number of nitrogens with zero attached hydrogens (tertiary/aromatic N) is 3. The number of imidazole rings is 1. The molecule has 0 aliphatic carbocycles. The number of fused-ring (bicyclic) bond motifs is 1. The van der Waals surface area contributed by atoms with Gasteiger partial charge in [-0.1, -0.05) is 23.7 Å². The summed E-state index contributed by atoms with van der Waals surface area (Å²) in [6.45, 7) is 0.299. The van der Waals surface area contributed by atoms with Gasteiger partial charge in [0.05, 0.1) is 6.20 Å². The van der Waals surface area contributed by atoms with E-state index in [0.717, 1.165) is 22.3 Å². The van der Waals surface area contributed by atoms with Crippen LogP contribution in [0.25, 0.3) is 5.65 Å². The molecule has 22 heavy (non-hydrogen) atoms. The minimum absolute atomic E-state index is 0.0621. The normalized spacial score (nSPS) is 10.8. The minimum atomic E-state index is -1.19. The molecule has 0 unspecified atom stereocenters. The quantitative estimate of drug-likeness (QED) is 0.772. The van der Waals surface area contributed by atoms with Crippen LogP contribution in [0.15, 0.2) is 36.5 Å². The molecular weight excluding hydrogens is 311 g/mol. The second-order valence-corrected chi connectivity index (χ2v) is 4.98. The first kappa shape index (κ1) is 14.3. The van der Waals surface area contributed by atoms with E-state index in [9.17, 15) is 9.18 Å². The maximum absolute atomic E-state index is 14.0. The Morgan fingerprint density at radius 3 is 2.95 bits per heavy atom. The zero-order valence-electron chi connectivity index (χ0n) is 11.1.